The lowest BCUT2D eigenvalue weighted by molar-refractivity contribution is 0.0951. The zero-order chi connectivity index (χ0) is 18.8. The first-order chi connectivity index (χ1) is 13.1. The largest absolute Gasteiger partial charge is 0.348 e. The van der Waals surface area contributed by atoms with Crippen LogP contribution in [0.15, 0.2) is 66.9 Å². The zero-order valence-corrected chi connectivity index (χ0v) is 15.4. The number of hydrogen-bond acceptors (Lipinski definition) is 3. The van der Waals surface area contributed by atoms with Crippen molar-refractivity contribution < 1.29 is 4.79 Å². The molecule has 0 radical (unpaired) electrons. The molecule has 0 saturated carbocycles. The molecule has 0 aliphatic heterocycles. The minimum absolute atomic E-state index is 0.145. The molecule has 1 amide bonds. The highest BCUT2D eigenvalue weighted by atomic mass is 35.5. The molecular formula is C21H17ClN4O. The van der Waals surface area contributed by atoms with Crippen LogP contribution < -0.4 is 5.32 Å². The van der Waals surface area contributed by atoms with Crippen molar-refractivity contribution in [3.63, 3.8) is 0 Å². The van der Waals surface area contributed by atoms with Gasteiger partial charge in [0, 0.05) is 28.9 Å². The molecule has 0 fully saturated rings. The lowest BCUT2D eigenvalue weighted by Crippen LogP contribution is -2.23. The van der Waals surface area contributed by atoms with E-state index in [-0.39, 0.29) is 5.91 Å². The number of nitrogens with one attached hydrogen (secondary N) is 1. The Morgan fingerprint density at radius 2 is 1.93 bits per heavy atom. The zero-order valence-electron chi connectivity index (χ0n) is 14.7. The summed E-state index contributed by atoms with van der Waals surface area (Å²) in [5.41, 5.74) is 4.26. The van der Waals surface area contributed by atoms with E-state index < -0.39 is 0 Å². The molecule has 0 atom stereocenters. The summed E-state index contributed by atoms with van der Waals surface area (Å²) in [6, 6.07) is 18.9. The molecule has 5 nitrogen and oxygen atoms in total. The van der Waals surface area contributed by atoms with E-state index in [1.54, 1.807) is 18.3 Å². The van der Waals surface area contributed by atoms with Crippen molar-refractivity contribution in [2.24, 2.45) is 0 Å². The number of amides is 1. The summed E-state index contributed by atoms with van der Waals surface area (Å²) in [5, 5.41) is 12.0. The third-order valence-electron chi connectivity index (χ3n) is 4.46. The van der Waals surface area contributed by atoms with Gasteiger partial charge >= 0.3 is 0 Å². The van der Waals surface area contributed by atoms with E-state index >= 15 is 0 Å². The highest BCUT2D eigenvalue weighted by Gasteiger charge is 2.12. The number of pyridine rings is 1. The molecule has 1 N–H and O–H groups in total. The molecule has 0 unspecified atom stereocenters. The number of benzene rings is 2. The lowest BCUT2D eigenvalue weighted by Gasteiger charge is -2.08. The second-order valence-electron chi connectivity index (χ2n) is 6.29. The van der Waals surface area contributed by atoms with Crippen molar-refractivity contribution >= 4 is 23.2 Å². The van der Waals surface area contributed by atoms with Crippen molar-refractivity contribution in [2.45, 2.75) is 13.5 Å². The van der Waals surface area contributed by atoms with Gasteiger partial charge in [-0.3, -0.25) is 9.20 Å². The number of fused-ring (bicyclic) bond motifs is 1. The maximum Gasteiger partial charge on any atom is 0.251 e. The fourth-order valence-corrected chi connectivity index (χ4v) is 3.13. The van der Waals surface area contributed by atoms with Crippen LogP contribution in [0.1, 0.15) is 21.5 Å². The highest BCUT2D eigenvalue weighted by molar-refractivity contribution is 6.30. The van der Waals surface area contributed by atoms with E-state index in [0.717, 1.165) is 16.7 Å². The molecule has 4 aromatic rings. The first-order valence-electron chi connectivity index (χ1n) is 8.55. The van der Waals surface area contributed by atoms with Crippen LogP contribution in [0.25, 0.3) is 17.0 Å². The highest BCUT2D eigenvalue weighted by Crippen LogP contribution is 2.22. The number of nitrogens with zero attached hydrogens (tertiary/aromatic N) is 3. The Morgan fingerprint density at radius 1 is 1.07 bits per heavy atom. The average Bonchev–Trinajstić information content (AvgIpc) is 3.10. The van der Waals surface area contributed by atoms with Crippen molar-refractivity contribution in [3.05, 3.63) is 88.6 Å². The van der Waals surface area contributed by atoms with Gasteiger partial charge in [0.15, 0.2) is 11.5 Å². The fraction of sp³-hybridized carbons (Fsp3) is 0.0952. The smallest absolute Gasteiger partial charge is 0.251 e. The van der Waals surface area contributed by atoms with Gasteiger partial charge in [-0.15, -0.1) is 10.2 Å². The molecule has 27 heavy (non-hydrogen) atoms. The van der Waals surface area contributed by atoms with E-state index in [4.69, 9.17) is 11.6 Å². The van der Waals surface area contributed by atoms with Gasteiger partial charge in [0.05, 0.1) is 0 Å². The van der Waals surface area contributed by atoms with Gasteiger partial charge in [0.1, 0.15) is 0 Å². The molecule has 2 aromatic carbocycles. The van der Waals surface area contributed by atoms with Crippen molar-refractivity contribution in [2.75, 3.05) is 0 Å². The average molecular weight is 377 g/mol. The number of aromatic nitrogens is 3. The standard InChI is InChI=1S/C21H17ClN4O/c1-14-5-2-3-6-17(14)13-23-21(27)16-9-10-26-19(12-16)24-25-20(26)15-7-4-8-18(22)11-15/h2-12H,13H2,1H3,(H,23,27). The van der Waals surface area contributed by atoms with Crippen LogP contribution in [0.2, 0.25) is 5.02 Å². The minimum atomic E-state index is -0.145. The molecule has 0 aliphatic rings. The number of rotatable bonds is 4. The third-order valence-corrected chi connectivity index (χ3v) is 4.69. The van der Waals surface area contributed by atoms with E-state index in [9.17, 15) is 4.79 Å². The Morgan fingerprint density at radius 3 is 2.74 bits per heavy atom. The predicted molar refractivity (Wildman–Crippen MR) is 106 cm³/mol. The van der Waals surface area contributed by atoms with E-state index in [1.807, 2.05) is 59.9 Å². The summed E-state index contributed by atoms with van der Waals surface area (Å²) in [6.07, 6.45) is 1.80. The van der Waals surface area contributed by atoms with Crippen LogP contribution in [-0.4, -0.2) is 20.5 Å². The Labute approximate surface area is 161 Å². The summed E-state index contributed by atoms with van der Waals surface area (Å²) < 4.78 is 1.84. The fourth-order valence-electron chi connectivity index (χ4n) is 2.94. The van der Waals surface area contributed by atoms with E-state index in [2.05, 4.69) is 15.5 Å². The first-order valence-corrected chi connectivity index (χ1v) is 8.93. The second-order valence-corrected chi connectivity index (χ2v) is 6.72. The van der Waals surface area contributed by atoms with E-state index in [1.165, 1.54) is 0 Å². The molecule has 0 bridgehead atoms. The molecule has 134 valence electrons. The van der Waals surface area contributed by atoms with Crippen LogP contribution in [0.4, 0.5) is 0 Å². The topological polar surface area (TPSA) is 59.3 Å². The summed E-state index contributed by atoms with van der Waals surface area (Å²) in [5.74, 6) is 0.535. The maximum absolute atomic E-state index is 12.5. The molecular weight excluding hydrogens is 360 g/mol. The first kappa shape index (κ1) is 17.2. The van der Waals surface area contributed by atoms with Crippen molar-refractivity contribution in [1.29, 1.82) is 0 Å². The minimum Gasteiger partial charge on any atom is -0.348 e. The maximum atomic E-state index is 12.5. The third kappa shape index (κ3) is 3.55. The quantitative estimate of drug-likeness (QED) is 0.578. The van der Waals surface area contributed by atoms with Gasteiger partial charge in [-0.25, -0.2) is 0 Å². The summed E-state index contributed by atoms with van der Waals surface area (Å²) in [7, 11) is 0. The Hall–Kier alpha value is -3.18. The monoisotopic (exact) mass is 376 g/mol. The van der Waals surface area contributed by atoms with E-state index in [0.29, 0.717) is 28.6 Å². The number of carbonyl (C=O) groups excluding carboxylic acids is 1. The molecule has 2 aromatic heterocycles. The van der Waals surface area contributed by atoms with Crippen LogP contribution in [0.3, 0.4) is 0 Å². The van der Waals surface area contributed by atoms with Crippen molar-refractivity contribution in [3.8, 4) is 11.4 Å². The number of halogens is 1. The van der Waals surface area contributed by atoms with Gasteiger partial charge in [-0.05, 0) is 42.3 Å². The summed E-state index contributed by atoms with van der Waals surface area (Å²) >= 11 is 6.07. The van der Waals surface area contributed by atoms with Gasteiger partial charge in [0.25, 0.3) is 5.91 Å². The second kappa shape index (κ2) is 7.21. The van der Waals surface area contributed by atoms with Gasteiger partial charge < -0.3 is 5.32 Å². The normalized spacial score (nSPS) is 10.9. The van der Waals surface area contributed by atoms with Crippen molar-refractivity contribution in [1.82, 2.24) is 19.9 Å². The van der Waals surface area contributed by atoms with Crippen LogP contribution in [0.5, 0.6) is 0 Å². The molecule has 4 rings (SSSR count). The van der Waals surface area contributed by atoms with Gasteiger partial charge in [-0.2, -0.15) is 0 Å². The Kier molecular flexibility index (Phi) is 4.60. The molecule has 0 spiro atoms. The number of hydrogen-bond donors (Lipinski definition) is 1. The summed E-state index contributed by atoms with van der Waals surface area (Å²) in [4.78, 5) is 12.5. The lowest BCUT2D eigenvalue weighted by atomic mass is 10.1. The Bertz CT molecular complexity index is 1140. The molecule has 2 heterocycles. The Balaban J connectivity index is 1.57. The molecule has 6 heteroatoms. The molecule has 0 aliphatic carbocycles. The van der Waals surface area contributed by atoms with Crippen LogP contribution >= 0.6 is 11.6 Å². The molecule has 0 saturated heterocycles. The van der Waals surface area contributed by atoms with Gasteiger partial charge in [-0.1, -0.05) is 48.0 Å². The SMILES string of the molecule is Cc1ccccc1CNC(=O)c1ccn2c(-c3cccc(Cl)c3)nnc2c1. The number of aryl methyl sites for hydroxylation is 1. The summed E-state index contributed by atoms with van der Waals surface area (Å²) in [6.45, 7) is 2.51. The predicted octanol–water partition coefficient (Wildman–Crippen LogP) is 4.29. The van der Waals surface area contributed by atoms with Crippen LogP contribution in [-0.2, 0) is 6.54 Å². The number of carbonyl (C=O) groups is 1. The van der Waals surface area contributed by atoms with Crippen LogP contribution in [0, 0.1) is 6.92 Å². The van der Waals surface area contributed by atoms with Gasteiger partial charge in [0.2, 0.25) is 0 Å².